The molecule has 34 heavy (non-hydrogen) atoms. The molecule has 1 aromatic carbocycles. The molecule has 1 N–H and O–H groups in total. The quantitative estimate of drug-likeness (QED) is 0.417. The Labute approximate surface area is 194 Å². The SMILES string of the molecule is O=C(CCn1nc(C(F)(F)F)c(Cl)c1C1CC1)Nc1cnn(Cc2cccc(C(F)(F)F)c2)c1. The van der Waals surface area contributed by atoms with E-state index in [-0.39, 0.29) is 31.1 Å². The second-order valence-corrected chi connectivity index (χ2v) is 8.34. The van der Waals surface area contributed by atoms with Crippen molar-refractivity contribution in [2.45, 2.75) is 50.6 Å². The van der Waals surface area contributed by atoms with Crippen LogP contribution < -0.4 is 5.32 Å². The van der Waals surface area contributed by atoms with Crippen LogP contribution in [0.1, 0.15) is 47.7 Å². The summed E-state index contributed by atoms with van der Waals surface area (Å²) < 4.78 is 80.5. The summed E-state index contributed by atoms with van der Waals surface area (Å²) in [5, 5.41) is 9.75. The number of nitrogens with one attached hydrogen (secondary N) is 1. The Balaban J connectivity index is 1.37. The summed E-state index contributed by atoms with van der Waals surface area (Å²) in [7, 11) is 0. The van der Waals surface area contributed by atoms with Crippen molar-refractivity contribution in [3.8, 4) is 0 Å². The van der Waals surface area contributed by atoms with E-state index in [4.69, 9.17) is 11.6 Å². The third kappa shape index (κ3) is 5.54. The first-order chi connectivity index (χ1) is 15.9. The molecule has 1 amide bonds. The van der Waals surface area contributed by atoms with Gasteiger partial charge in [0.05, 0.1) is 41.3 Å². The minimum Gasteiger partial charge on any atom is -0.323 e. The lowest BCUT2D eigenvalue weighted by Gasteiger charge is -2.09. The van der Waals surface area contributed by atoms with E-state index in [1.54, 1.807) is 0 Å². The van der Waals surface area contributed by atoms with Crippen molar-refractivity contribution in [1.82, 2.24) is 19.6 Å². The maximum atomic E-state index is 13.1. The van der Waals surface area contributed by atoms with E-state index in [1.165, 1.54) is 29.2 Å². The molecule has 0 radical (unpaired) electrons. The Hall–Kier alpha value is -3.02. The smallest absolute Gasteiger partial charge is 0.323 e. The molecule has 3 aromatic rings. The fraction of sp³-hybridized carbons (Fsp3) is 0.381. The standard InChI is InChI=1S/C21H18ClF6N5O/c22-17-18(13-4-5-13)33(31-19(17)21(26,27)28)7-6-16(34)30-15-9-29-32(11-15)10-12-2-1-3-14(8-12)20(23,24)25/h1-3,8-9,11,13H,4-7,10H2,(H,30,34). The minimum atomic E-state index is -4.69. The lowest BCUT2D eigenvalue weighted by Crippen LogP contribution is -2.16. The molecule has 182 valence electrons. The molecule has 0 bridgehead atoms. The maximum absolute atomic E-state index is 13.1. The van der Waals surface area contributed by atoms with Gasteiger partial charge in [0.25, 0.3) is 0 Å². The first kappa shape index (κ1) is 24.1. The van der Waals surface area contributed by atoms with Crippen molar-refractivity contribution in [2.24, 2.45) is 0 Å². The maximum Gasteiger partial charge on any atom is 0.436 e. The molecular formula is C21H18ClF6N5O. The van der Waals surface area contributed by atoms with Crippen LogP contribution in [0.4, 0.5) is 32.0 Å². The van der Waals surface area contributed by atoms with Crippen molar-refractivity contribution in [2.75, 3.05) is 5.32 Å². The van der Waals surface area contributed by atoms with Gasteiger partial charge in [-0.2, -0.15) is 36.5 Å². The van der Waals surface area contributed by atoms with Crippen molar-refractivity contribution < 1.29 is 31.1 Å². The van der Waals surface area contributed by atoms with Gasteiger partial charge in [-0.05, 0) is 30.5 Å². The van der Waals surface area contributed by atoms with Gasteiger partial charge in [0, 0.05) is 18.5 Å². The number of halogens is 7. The largest absolute Gasteiger partial charge is 0.436 e. The highest BCUT2D eigenvalue weighted by Crippen LogP contribution is 2.46. The van der Waals surface area contributed by atoms with Crippen LogP contribution in [0.5, 0.6) is 0 Å². The van der Waals surface area contributed by atoms with Crippen LogP contribution in [0.25, 0.3) is 0 Å². The van der Waals surface area contributed by atoms with E-state index in [1.807, 2.05) is 0 Å². The number of hydrogen-bond donors (Lipinski definition) is 1. The van der Waals surface area contributed by atoms with Crippen molar-refractivity contribution in [3.05, 3.63) is 64.2 Å². The molecule has 0 atom stereocenters. The molecule has 0 unspecified atom stereocenters. The zero-order valence-corrected chi connectivity index (χ0v) is 18.2. The predicted molar refractivity (Wildman–Crippen MR) is 110 cm³/mol. The fourth-order valence-electron chi connectivity index (χ4n) is 3.53. The van der Waals surface area contributed by atoms with Crippen LogP contribution in [0, 0.1) is 0 Å². The molecule has 1 saturated carbocycles. The number of hydrogen-bond acceptors (Lipinski definition) is 3. The fourth-order valence-corrected chi connectivity index (χ4v) is 3.93. The van der Waals surface area contributed by atoms with Gasteiger partial charge in [-0.25, -0.2) is 0 Å². The van der Waals surface area contributed by atoms with Gasteiger partial charge in [-0.15, -0.1) is 0 Å². The zero-order chi connectivity index (χ0) is 24.7. The molecule has 4 rings (SSSR count). The van der Waals surface area contributed by atoms with Crippen LogP contribution in [0.15, 0.2) is 36.7 Å². The van der Waals surface area contributed by atoms with E-state index in [0.29, 0.717) is 24.1 Å². The summed E-state index contributed by atoms with van der Waals surface area (Å²) in [6.07, 6.45) is -5.12. The first-order valence-electron chi connectivity index (χ1n) is 10.2. The van der Waals surface area contributed by atoms with Gasteiger partial charge in [-0.3, -0.25) is 14.2 Å². The minimum absolute atomic E-state index is 0.0521. The highest BCUT2D eigenvalue weighted by molar-refractivity contribution is 6.32. The molecule has 6 nitrogen and oxygen atoms in total. The van der Waals surface area contributed by atoms with E-state index < -0.39 is 34.5 Å². The predicted octanol–water partition coefficient (Wildman–Crippen LogP) is 5.73. The van der Waals surface area contributed by atoms with Crippen molar-refractivity contribution >= 4 is 23.2 Å². The average molecular weight is 506 g/mol. The number of alkyl halides is 6. The Morgan fingerprint density at radius 1 is 1.15 bits per heavy atom. The Morgan fingerprint density at radius 3 is 2.53 bits per heavy atom. The second kappa shape index (κ2) is 8.97. The molecule has 1 aliphatic rings. The Bertz CT molecular complexity index is 1200. The number of aryl methyl sites for hydroxylation is 1. The summed E-state index contributed by atoms with van der Waals surface area (Å²) >= 11 is 5.92. The lowest BCUT2D eigenvalue weighted by atomic mass is 10.1. The van der Waals surface area contributed by atoms with E-state index >= 15 is 0 Å². The van der Waals surface area contributed by atoms with Gasteiger partial charge in [-0.1, -0.05) is 23.7 Å². The number of anilines is 1. The number of amides is 1. The molecule has 1 aliphatic carbocycles. The summed E-state index contributed by atoms with van der Waals surface area (Å²) in [5.41, 5.74) is -0.972. The van der Waals surface area contributed by atoms with Gasteiger partial charge < -0.3 is 5.32 Å². The van der Waals surface area contributed by atoms with Crippen molar-refractivity contribution in [1.29, 1.82) is 0 Å². The second-order valence-electron chi connectivity index (χ2n) is 7.97. The number of benzene rings is 1. The van der Waals surface area contributed by atoms with Crippen LogP contribution in [0.3, 0.4) is 0 Å². The Kier molecular flexibility index (Phi) is 6.36. The van der Waals surface area contributed by atoms with Gasteiger partial charge in [0.2, 0.25) is 5.91 Å². The van der Waals surface area contributed by atoms with E-state index in [0.717, 1.165) is 16.8 Å². The van der Waals surface area contributed by atoms with Crippen LogP contribution in [-0.2, 0) is 30.2 Å². The summed E-state index contributed by atoms with van der Waals surface area (Å²) in [4.78, 5) is 12.3. The molecule has 0 saturated heterocycles. The van der Waals surface area contributed by atoms with Crippen LogP contribution >= 0.6 is 11.6 Å². The third-order valence-corrected chi connectivity index (χ3v) is 5.60. The normalized spacial score (nSPS) is 14.4. The number of nitrogens with zero attached hydrogens (tertiary/aromatic N) is 4. The molecule has 0 aliphatic heterocycles. The van der Waals surface area contributed by atoms with Crippen molar-refractivity contribution in [3.63, 3.8) is 0 Å². The summed E-state index contributed by atoms with van der Waals surface area (Å²) in [6, 6.07) is 4.81. The zero-order valence-electron chi connectivity index (χ0n) is 17.4. The average Bonchev–Trinajstić information content (AvgIpc) is 3.38. The first-order valence-corrected chi connectivity index (χ1v) is 10.6. The summed E-state index contributed by atoms with van der Waals surface area (Å²) in [5.74, 6) is -0.589. The number of rotatable bonds is 7. The molecular weight excluding hydrogens is 488 g/mol. The van der Waals surface area contributed by atoms with Crippen LogP contribution in [0.2, 0.25) is 5.02 Å². The lowest BCUT2D eigenvalue weighted by molar-refractivity contribution is -0.141. The molecule has 13 heteroatoms. The topological polar surface area (TPSA) is 64.7 Å². The van der Waals surface area contributed by atoms with E-state index in [2.05, 4.69) is 15.5 Å². The Morgan fingerprint density at radius 2 is 1.88 bits per heavy atom. The third-order valence-electron chi connectivity index (χ3n) is 5.23. The monoisotopic (exact) mass is 505 g/mol. The molecule has 0 spiro atoms. The number of carbonyl (C=O) groups is 1. The van der Waals surface area contributed by atoms with Gasteiger partial charge >= 0.3 is 12.4 Å². The molecule has 2 heterocycles. The van der Waals surface area contributed by atoms with Crippen LogP contribution in [-0.4, -0.2) is 25.5 Å². The van der Waals surface area contributed by atoms with E-state index in [9.17, 15) is 31.1 Å². The number of carbonyl (C=O) groups excluding carboxylic acids is 1. The summed E-state index contributed by atoms with van der Waals surface area (Å²) in [6.45, 7) is -0.0393. The van der Waals surface area contributed by atoms with Gasteiger partial charge in [0.15, 0.2) is 5.69 Å². The molecule has 1 fully saturated rings. The highest BCUT2D eigenvalue weighted by Gasteiger charge is 2.42. The molecule has 2 aromatic heterocycles. The number of aromatic nitrogens is 4. The van der Waals surface area contributed by atoms with Gasteiger partial charge in [0.1, 0.15) is 0 Å². The highest BCUT2D eigenvalue weighted by atomic mass is 35.5.